The van der Waals surface area contributed by atoms with Gasteiger partial charge in [-0.05, 0) is 18.1 Å². The molecule has 15 heavy (non-hydrogen) atoms. The van der Waals surface area contributed by atoms with E-state index < -0.39 is 16.5 Å². The van der Waals surface area contributed by atoms with Gasteiger partial charge in [0.05, 0.1) is 4.83 Å². The van der Waals surface area contributed by atoms with Crippen molar-refractivity contribution >= 4 is 21.7 Å². The van der Waals surface area contributed by atoms with Gasteiger partial charge in [0, 0.05) is 6.42 Å². The number of ketones is 1. The van der Waals surface area contributed by atoms with Crippen molar-refractivity contribution in [1.82, 2.24) is 0 Å². The summed E-state index contributed by atoms with van der Waals surface area (Å²) in [6.07, 6.45) is 0.559. The largest absolute Gasteiger partial charge is 0.298 e. The molecule has 0 saturated heterocycles. The van der Waals surface area contributed by atoms with Gasteiger partial charge in [-0.2, -0.15) is 0 Å². The van der Waals surface area contributed by atoms with Crippen LogP contribution in [0.1, 0.15) is 18.9 Å². The van der Waals surface area contributed by atoms with E-state index in [2.05, 4.69) is 15.9 Å². The highest BCUT2D eigenvalue weighted by Crippen LogP contribution is 2.17. The van der Waals surface area contributed by atoms with Gasteiger partial charge in [-0.25, -0.2) is 8.78 Å². The number of carbonyl (C=O) groups excluding carboxylic acids is 1. The van der Waals surface area contributed by atoms with Crippen LogP contribution < -0.4 is 0 Å². The molecule has 0 aliphatic heterocycles. The molecule has 4 heteroatoms. The molecule has 1 atom stereocenters. The molecular formula is C11H11BrF2O. The smallest absolute Gasteiger partial charge is 0.162 e. The minimum absolute atomic E-state index is 0.0151. The van der Waals surface area contributed by atoms with Crippen LogP contribution in [0.4, 0.5) is 8.78 Å². The summed E-state index contributed by atoms with van der Waals surface area (Å²) in [5.74, 6) is -1.76. The number of benzene rings is 1. The molecule has 1 unspecified atom stereocenters. The van der Waals surface area contributed by atoms with Gasteiger partial charge in [-0.15, -0.1) is 0 Å². The molecule has 0 aromatic heterocycles. The summed E-state index contributed by atoms with van der Waals surface area (Å²) in [4.78, 5) is 10.8. The second-order valence-electron chi connectivity index (χ2n) is 3.20. The van der Waals surface area contributed by atoms with Gasteiger partial charge in [0.15, 0.2) is 11.6 Å². The number of halogens is 3. The first-order valence-corrected chi connectivity index (χ1v) is 5.57. The maximum atomic E-state index is 13.2. The molecule has 1 aromatic carbocycles. The standard InChI is InChI=1S/C11H11BrF2O/c1-2-10(15)8(12)6-7-4-3-5-9(13)11(7)14/h3-5,8H,2,6H2,1H3. The predicted molar refractivity (Wildman–Crippen MR) is 58.1 cm³/mol. The molecule has 0 aliphatic carbocycles. The van der Waals surface area contributed by atoms with Crippen LogP contribution in [-0.2, 0) is 11.2 Å². The van der Waals surface area contributed by atoms with Crippen LogP contribution in [-0.4, -0.2) is 10.6 Å². The molecule has 1 aromatic rings. The van der Waals surface area contributed by atoms with E-state index in [-0.39, 0.29) is 17.8 Å². The lowest BCUT2D eigenvalue weighted by Gasteiger charge is -2.08. The molecule has 0 fully saturated rings. The highest BCUT2D eigenvalue weighted by molar-refractivity contribution is 9.10. The zero-order valence-electron chi connectivity index (χ0n) is 8.27. The molecule has 0 aliphatic rings. The average molecular weight is 277 g/mol. The fraction of sp³-hybridized carbons (Fsp3) is 0.364. The zero-order chi connectivity index (χ0) is 11.4. The van der Waals surface area contributed by atoms with E-state index in [1.54, 1.807) is 6.92 Å². The Morgan fingerprint density at radius 3 is 2.73 bits per heavy atom. The van der Waals surface area contributed by atoms with Crippen molar-refractivity contribution in [1.29, 1.82) is 0 Å². The van der Waals surface area contributed by atoms with Crippen molar-refractivity contribution in [3.63, 3.8) is 0 Å². The number of alkyl halides is 1. The lowest BCUT2D eigenvalue weighted by molar-refractivity contribution is -0.118. The van der Waals surface area contributed by atoms with Gasteiger partial charge in [0.2, 0.25) is 0 Å². The van der Waals surface area contributed by atoms with E-state index in [1.807, 2.05) is 0 Å². The summed E-state index contributed by atoms with van der Waals surface area (Å²) in [5.41, 5.74) is 0.221. The SMILES string of the molecule is CCC(=O)C(Br)Cc1cccc(F)c1F. The average Bonchev–Trinajstić information content (AvgIpc) is 2.23. The van der Waals surface area contributed by atoms with Crippen LogP contribution in [0.15, 0.2) is 18.2 Å². The summed E-state index contributed by atoms with van der Waals surface area (Å²) in [6, 6.07) is 3.98. The maximum absolute atomic E-state index is 13.2. The summed E-state index contributed by atoms with van der Waals surface area (Å²) < 4.78 is 26.1. The van der Waals surface area contributed by atoms with E-state index in [0.29, 0.717) is 6.42 Å². The Bertz CT molecular complexity index is 366. The summed E-state index contributed by atoms with van der Waals surface area (Å²) in [5, 5.41) is 0. The van der Waals surface area contributed by atoms with Gasteiger partial charge in [0.1, 0.15) is 5.78 Å². The monoisotopic (exact) mass is 276 g/mol. The van der Waals surface area contributed by atoms with Crippen LogP contribution in [0.3, 0.4) is 0 Å². The molecular weight excluding hydrogens is 266 g/mol. The molecule has 1 nitrogen and oxygen atoms in total. The summed E-state index contributed by atoms with van der Waals surface area (Å²) >= 11 is 3.16. The van der Waals surface area contributed by atoms with Crippen LogP contribution in [0.2, 0.25) is 0 Å². The zero-order valence-corrected chi connectivity index (χ0v) is 9.85. The van der Waals surface area contributed by atoms with Gasteiger partial charge < -0.3 is 0 Å². The van der Waals surface area contributed by atoms with Gasteiger partial charge >= 0.3 is 0 Å². The van der Waals surface area contributed by atoms with Crippen molar-refractivity contribution in [2.75, 3.05) is 0 Å². The first-order chi connectivity index (χ1) is 7.06. The van der Waals surface area contributed by atoms with E-state index in [1.165, 1.54) is 12.1 Å². The molecule has 0 spiro atoms. The minimum atomic E-state index is -0.879. The van der Waals surface area contributed by atoms with Crippen LogP contribution in [0.5, 0.6) is 0 Å². The fourth-order valence-electron chi connectivity index (χ4n) is 1.23. The van der Waals surface area contributed by atoms with Crippen LogP contribution in [0, 0.1) is 11.6 Å². The van der Waals surface area contributed by atoms with Gasteiger partial charge in [0.25, 0.3) is 0 Å². The fourth-order valence-corrected chi connectivity index (χ4v) is 1.91. The van der Waals surface area contributed by atoms with Gasteiger partial charge in [-0.3, -0.25) is 4.79 Å². The van der Waals surface area contributed by atoms with E-state index in [9.17, 15) is 13.6 Å². The molecule has 82 valence electrons. The number of hydrogen-bond donors (Lipinski definition) is 0. The Kier molecular flexibility index (Phi) is 4.39. The highest BCUT2D eigenvalue weighted by atomic mass is 79.9. The van der Waals surface area contributed by atoms with Crippen molar-refractivity contribution in [3.8, 4) is 0 Å². The Morgan fingerprint density at radius 1 is 1.47 bits per heavy atom. The molecule has 0 saturated carbocycles. The van der Waals surface area contributed by atoms with Gasteiger partial charge in [-0.1, -0.05) is 35.0 Å². The van der Waals surface area contributed by atoms with Crippen LogP contribution >= 0.6 is 15.9 Å². The number of hydrogen-bond acceptors (Lipinski definition) is 1. The maximum Gasteiger partial charge on any atom is 0.162 e. The van der Waals surface area contributed by atoms with E-state index >= 15 is 0 Å². The predicted octanol–water partition coefficient (Wildman–Crippen LogP) is 3.25. The lowest BCUT2D eigenvalue weighted by Crippen LogP contribution is -2.16. The molecule has 0 amide bonds. The molecule has 0 heterocycles. The van der Waals surface area contributed by atoms with E-state index in [4.69, 9.17) is 0 Å². The molecule has 0 radical (unpaired) electrons. The highest BCUT2D eigenvalue weighted by Gasteiger charge is 2.16. The Labute approximate surface area is 95.6 Å². The van der Waals surface area contributed by atoms with Crippen LogP contribution in [0.25, 0.3) is 0 Å². The molecule has 1 rings (SSSR count). The third-order valence-corrected chi connectivity index (χ3v) is 2.96. The Morgan fingerprint density at radius 2 is 2.13 bits per heavy atom. The summed E-state index contributed by atoms with van der Waals surface area (Å²) in [7, 11) is 0. The number of carbonyl (C=O) groups is 1. The summed E-state index contributed by atoms with van der Waals surface area (Å²) in [6.45, 7) is 1.73. The third kappa shape index (κ3) is 3.09. The second kappa shape index (κ2) is 5.35. The second-order valence-corrected chi connectivity index (χ2v) is 4.31. The van der Waals surface area contributed by atoms with Crippen molar-refractivity contribution in [3.05, 3.63) is 35.4 Å². The first-order valence-electron chi connectivity index (χ1n) is 4.66. The van der Waals surface area contributed by atoms with E-state index in [0.717, 1.165) is 6.07 Å². The Hall–Kier alpha value is -0.770. The Balaban J connectivity index is 2.81. The molecule has 0 N–H and O–H groups in total. The van der Waals surface area contributed by atoms with Crippen molar-refractivity contribution in [2.24, 2.45) is 0 Å². The van der Waals surface area contributed by atoms with Crippen molar-refractivity contribution < 1.29 is 13.6 Å². The topological polar surface area (TPSA) is 17.1 Å². The minimum Gasteiger partial charge on any atom is -0.298 e. The quantitative estimate of drug-likeness (QED) is 0.772. The number of rotatable bonds is 4. The normalized spacial score (nSPS) is 12.5. The molecule has 0 bridgehead atoms. The third-order valence-electron chi connectivity index (χ3n) is 2.13. The van der Waals surface area contributed by atoms with Crippen molar-refractivity contribution in [2.45, 2.75) is 24.6 Å². The number of Topliss-reactive ketones (excluding diaryl/α,β-unsaturated/α-hetero) is 1. The lowest BCUT2D eigenvalue weighted by atomic mass is 10.1. The first kappa shape index (κ1) is 12.3.